The molecule has 1 aromatic rings. The zero-order valence-corrected chi connectivity index (χ0v) is 11.2. The zero-order valence-electron chi connectivity index (χ0n) is 9.65. The van der Waals surface area contributed by atoms with E-state index in [9.17, 15) is 19.3 Å². The van der Waals surface area contributed by atoms with Gasteiger partial charge in [0.2, 0.25) is 5.91 Å². The minimum atomic E-state index is -0.789. The first-order valence-corrected chi connectivity index (χ1v) is 6.14. The number of rotatable bonds is 2. The lowest BCUT2D eigenvalue weighted by atomic mass is 10.2. The van der Waals surface area contributed by atoms with Gasteiger partial charge in [0.1, 0.15) is 5.69 Å². The van der Waals surface area contributed by atoms with Gasteiger partial charge >= 0.3 is 0 Å². The van der Waals surface area contributed by atoms with Crippen LogP contribution in [0.5, 0.6) is 0 Å². The Labute approximate surface area is 115 Å². The molecule has 0 aromatic heterocycles. The number of hydrogen-bond acceptors (Lipinski definition) is 5. The normalized spacial score (nSPS) is 15.3. The first-order chi connectivity index (χ1) is 8.91. The second-order valence-electron chi connectivity index (χ2n) is 3.98. The molecule has 1 heterocycles. The van der Waals surface area contributed by atoms with Crippen molar-refractivity contribution in [2.75, 3.05) is 30.3 Å². The SMILES string of the molecule is Nc1c([N+](=O)[O-])cc(F)c(N2CCNC(=O)C2)c1Br. The number of nitrogens with one attached hydrogen (secondary N) is 1. The highest BCUT2D eigenvalue weighted by molar-refractivity contribution is 9.10. The number of carbonyl (C=O) groups excluding carboxylic acids is 1. The summed E-state index contributed by atoms with van der Waals surface area (Å²) in [6.45, 7) is 0.757. The minimum Gasteiger partial charge on any atom is -0.392 e. The molecule has 1 aliphatic heterocycles. The van der Waals surface area contributed by atoms with E-state index in [1.165, 1.54) is 4.90 Å². The number of carbonyl (C=O) groups is 1. The Balaban J connectivity index is 2.49. The van der Waals surface area contributed by atoms with Crippen LogP contribution in [0.3, 0.4) is 0 Å². The smallest absolute Gasteiger partial charge is 0.296 e. The molecule has 1 aliphatic rings. The first-order valence-electron chi connectivity index (χ1n) is 5.35. The predicted molar refractivity (Wildman–Crippen MR) is 70.4 cm³/mol. The molecule has 19 heavy (non-hydrogen) atoms. The lowest BCUT2D eigenvalue weighted by Gasteiger charge is -2.29. The van der Waals surface area contributed by atoms with Crippen molar-refractivity contribution < 1.29 is 14.1 Å². The van der Waals surface area contributed by atoms with Crippen LogP contribution in [0.25, 0.3) is 0 Å². The average molecular weight is 333 g/mol. The molecule has 0 atom stereocenters. The van der Waals surface area contributed by atoms with E-state index < -0.39 is 16.4 Å². The number of nitro groups is 1. The molecule has 9 heteroatoms. The number of hydrogen-bond donors (Lipinski definition) is 2. The Hall–Kier alpha value is -1.90. The largest absolute Gasteiger partial charge is 0.392 e. The summed E-state index contributed by atoms with van der Waals surface area (Å²) < 4.78 is 14.1. The Kier molecular flexibility index (Phi) is 3.56. The highest BCUT2D eigenvalue weighted by Crippen LogP contribution is 2.40. The van der Waals surface area contributed by atoms with Crippen molar-refractivity contribution in [2.24, 2.45) is 0 Å². The number of amides is 1. The summed E-state index contributed by atoms with van der Waals surface area (Å²) in [5.41, 5.74) is 5.01. The predicted octanol–water partition coefficient (Wildman–Crippen LogP) is 1.01. The van der Waals surface area contributed by atoms with Crippen LogP contribution in [0.15, 0.2) is 10.5 Å². The van der Waals surface area contributed by atoms with Crippen molar-refractivity contribution in [2.45, 2.75) is 0 Å². The number of halogens is 2. The number of nitrogen functional groups attached to an aromatic ring is 1. The summed E-state index contributed by atoms with van der Waals surface area (Å²) in [6.07, 6.45) is 0. The summed E-state index contributed by atoms with van der Waals surface area (Å²) in [5, 5.41) is 13.3. The fraction of sp³-hybridized carbons (Fsp3) is 0.300. The van der Waals surface area contributed by atoms with Crippen molar-refractivity contribution >= 4 is 38.9 Å². The molecule has 1 fully saturated rings. The van der Waals surface area contributed by atoms with Gasteiger partial charge in [-0.05, 0) is 15.9 Å². The number of nitro benzene ring substituents is 1. The summed E-state index contributed by atoms with van der Waals surface area (Å²) in [5.74, 6) is -1.03. The summed E-state index contributed by atoms with van der Waals surface area (Å²) in [7, 11) is 0. The third-order valence-corrected chi connectivity index (χ3v) is 3.56. The van der Waals surface area contributed by atoms with Gasteiger partial charge in [-0.2, -0.15) is 0 Å². The van der Waals surface area contributed by atoms with Crippen LogP contribution in [-0.4, -0.2) is 30.5 Å². The van der Waals surface area contributed by atoms with E-state index in [-0.39, 0.29) is 28.3 Å². The van der Waals surface area contributed by atoms with Crippen LogP contribution in [0.4, 0.5) is 21.5 Å². The second-order valence-corrected chi connectivity index (χ2v) is 4.78. The average Bonchev–Trinajstić information content (AvgIpc) is 2.33. The fourth-order valence-electron chi connectivity index (χ4n) is 1.88. The van der Waals surface area contributed by atoms with Crippen LogP contribution in [0.1, 0.15) is 0 Å². The van der Waals surface area contributed by atoms with E-state index in [1.807, 2.05) is 0 Å². The molecule has 1 aromatic carbocycles. The van der Waals surface area contributed by atoms with Gasteiger partial charge in [0.15, 0.2) is 5.82 Å². The number of piperazine rings is 1. The molecule has 0 spiro atoms. The van der Waals surface area contributed by atoms with Gasteiger partial charge < -0.3 is 16.0 Å². The Morgan fingerprint density at radius 1 is 1.58 bits per heavy atom. The highest BCUT2D eigenvalue weighted by Gasteiger charge is 2.27. The highest BCUT2D eigenvalue weighted by atomic mass is 79.9. The number of nitrogens with zero attached hydrogens (tertiary/aromatic N) is 2. The molecule has 0 bridgehead atoms. The molecule has 0 aliphatic carbocycles. The molecular formula is C10H10BrFN4O3. The minimum absolute atomic E-state index is 0.0211. The number of anilines is 2. The molecule has 0 unspecified atom stereocenters. The van der Waals surface area contributed by atoms with E-state index in [2.05, 4.69) is 21.2 Å². The van der Waals surface area contributed by atoms with E-state index in [0.717, 1.165) is 6.07 Å². The lowest BCUT2D eigenvalue weighted by molar-refractivity contribution is -0.384. The molecule has 102 valence electrons. The van der Waals surface area contributed by atoms with E-state index in [1.54, 1.807) is 0 Å². The van der Waals surface area contributed by atoms with Gasteiger partial charge in [0.25, 0.3) is 5.69 Å². The lowest BCUT2D eigenvalue weighted by Crippen LogP contribution is -2.48. The van der Waals surface area contributed by atoms with Gasteiger partial charge in [-0.15, -0.1) is 0 Å². The van der Waals surface area contributed by atoms with Crippen molar-refractivity contribution in [1.29, 1.82) is 0 Å². The zero-order chi connectivity index (χ0) is 14.2. The maximum atomic E-state index is 14.0. The maximum Gasteiger partial charge on any atom is 0.296 e. The van der Waals surface area contributed by atoms with Gasteiger partial charge in [0.05, 0.1) is 27.7 Å². The standard InChI is InChI=1S/C10H10BrFN4O3/c11-8-9(13)6(16(18)19)3-5(12)10(8)15-2-1-14-7(17)4-15/h3H,1-2,4,13H2,(H,14,17). The molecule has 0 radical (unpaired) electrons. The van der Waals surface area contributed by atoms with E-state index in [0.29, 0.717) is 13.1 Å². The molecular weight excluding hydrogens is 323 g/mol. The quantitative estimate of drug-likeness (QED) is 0.478. The molecule has 2 rings (SSSR count). The van der Waals surface area contributed by atoms with Crippen LogP contribution in [0.2, 0.25) is 0 Å². The maximum absolute atomic E-state index is 14.0. The van der Waals surface area contributed by atoms with Crippen LogP contribution in [-0.2, 0) is 4.79 Å². The van der Waals surface area contributed by atoms with E-state index in [4.69, 9.17) is 5.73 Å². The summed E-state index contributed by atoms with van der Waals surface area (Å²) >= 11 is 3.06. The van der Waals surface area contributed by atoms with Crippen LogP contribution >= 0.6 is 15.9 Å². The summed E-state index contributed by atoms with van der Waals surface area (Å²) in [4.78, 5) is 22.8. The van der Waals surface area contributed by atoms with Gasteiger partial charge in [-0.25, -0.2) is 4.39 Å². The van der Waals surface area contributed by atoms with E-state index >= 15 is 0 Å². The van der Waals surface area contributed by atoms with Crippen molar-refractivity contribution in [3.63, 3.8) is 0 Å². The Morgan fingerprint density at radius 3 is 2.84 bits per heavy atom. The number of nitrogens with two attached hydrogens (primary N) is 1. The van der Waals surface area contributed by atoms with Gasteiger partial charge in [-0.1, -0.05) is 0 Å². The van der Waals surface area contributed by atoms with Crippen molar-refractivity contribution in [3.8, 4) is 0 Å². The van der Waals surface area contributed by atoms with Gasteiger partial charge in [0, 0.05) is 13.1 Å². The van der Waals surface area contributed by atoms with Crippen LogP contribution in [0, 0.1) is 15.9 Å². The first kappa shape index (κ1) is 13.5. The second kappa shape index (κ2) is 5.00. The van der Waals surface area contributed by atoms with Crippen molar-refractivity contribution in [1.82, 2.24) is 5.32 Å². The summed E-state index contributed by atoms with van der Waals surface area (Å²) in [6, 6.07) is 0.766. The molecule has 1 saturated heterocycles. The topological polar surface area (TPSA) is 102 Å². The third kappa shape index (κ3) is 2.46. The molecule has 1 amide bonds. The fourth-order valence-corrected chi connectivity index (χ4v) is 2.52. The number of benzene rings is 1. The van der Waals surface area contributed by atoms with Gasteiger partial charge in [-0.3, -0.25) is 14.9 Å². The Bertz CT molecular complexity index is 566. The Morgan fingerprint density at radius 2 is 2.26 bits per heavy atom. The third-order valence-electron chi connectivity index (χ3n) is 2.76. The molecule has 3 N–H and O–H groups in total. The molecule has 7 nitrogen and oxygen atoms in total. The molecule has 0 saturated carbocycles. The van der Waals surface area contributed by atoms with Crippen LogP contribution < -0.4 is 16.0 Å². The monoisotopic (exact) mass is 332 g/mol. The van der Waals surface area contributed by atoms with Crippen molar-refractivity contribution in [3.05, 3.63) is 26.5 Å².